The lowest BCUT2D eigenvalue weighted by atomic mass is 10.1. The first kappa shape index (κ1) is 18.7. The number of hydrogen-bond acceptors (Lipinski definition) is 4. The second kappa shape index (κ2) is 7.78. The number of rotatable bonds is 5. The normalized spacial score (nSPS) is 23.7. The monoisotopic (exact) mass is 332 g/mol. The fourth-order valence-corrected chi connectivity index (χ4v) is 2.69. The Labute approximate surface area is 137 Å². The highest BCUT2D eigenvalue weighted by molar-refractivity contribution is 6.06. The fraction of sp³-hybridized carbons (Fsp3) is 0.786. The molecule has 0 aromatic rings. The van der Waals surface area contributed by atoms with Gasteiger partial charge in [0.1, 0.15) is 5.54 Å². The Kier molecular flexibility index (Phi) is 6.62. The third-order valence-corrected chi connectivity index (χ3v) is 3.89. The lowest BCUT2D eigenvalue weighted by Gasteiger charge is -2.24. The van der Waals surface area contributed by atoms with Gasteiger partial charge in [0.15, 0.2) is 0 Å². The fourth-order valence-electron chi connectivity index (χ4n) is 2.69. The van der Waals surface area contributed by atoms with E-state index < -0.39 is 5.54 Å². The van der Waals surface area contributed by atoms with Crippen molar-refractivity contribution in [1.82, 2.24) is 20.9 Å². The molecule has 7 nitrogen and oxygen atoms in total. The Morgan fingerprint density at radius 2 is 2.14 bits per heavy atom. The lowest BCUT2D eigenvalue weighted by molar-refractivity contribution is -0.130. The average Bonchev–Trinajstić information content (AvgIpc) is 2.61. The van der Waals surface area contributed by atoms with Crippen LogP contribution in [0.15, 0.2) is 0 Å². The Morgan fingerprint density at radius 3 is 2.68 bits per heavy atom. The molecule has 3 N–H and O–H groups in total. The van der Waals surface area contributed by atoms with Gasteiger partial charge in [-0.1, -0.05) is 0 Å². The number of urea groups is 1. The summed E-state index contributed by atoms with van der Waals surface area (Å²) >= 11 is 0. The number of carbonyl (C=O) groups is 3. The van der Waals surface area contributed by atoms with E-state index >= 15 is 0 Å². The van der Waals surface area contributed by atoms with Crippen molar-refractivity contribution in [2.75, 3.05) is 19.6 Å². The highest BCUT2D eigenvalue weighted by Crippen LogP contribution is 2.17. The summed E-state index contributed by atoms with van der Waals surface area (Å²) in [5.41, 5.74) is -0.840. The Hall–Kier alpha value is -1.34. The van der Waals surface area contributed by atoms with Crippen LogP contribution in [-0.2, 0) is 9.59 Å². The van der Waals surface area contributed by atoms with E-state index in [0.717, 1.165) is 25.9 Å². The van der Waals surface area contributed by atoms with Crippen molar-refractivity contribution in [3.05, 3.63) is 0 Å². The minimum Gasteiger partial charge on any atom is -0.352 e. The minimum absolute atomic E-state index is 0. The van der Waals surface area contributed by atoms with Crippen LogP contribution in [0.25, 0.3) is 0 Å². The van der Waals surface area contributed by atoms with Crippen molar-refractivity contribution in [2.24, 2.45) is 0 Å². The first-order valence-corrected chi connectivity index (χ1v) is 7.54. The second-order valence-electron chi connectivity index (χ2n) is 6.23. The van der Waals surface area contributed by atoms with E-state index in [1.165, 1.54) is 4.90 Å². The van der Waals surface area contributed by atoms with E-state index in [0.29, 0.717) is 12.8 Å². The third-order valence-electron chi connectivity index (χ3n) is 3.89. The van der Waals surface area contributed by atoms with Gasteiger partial charge in [0.05, 0.1) is 0 Å². The first-order chi connectivity index (χ1) is 9.90. The first-order valence-electron chi connectivity index (χ1n) is 7.54. The molecule has 0 aromatic carbocycles. The summed E-state index contributed by atoms with van der Waals surface area (Å²) in [7, 11) is 0. The molecule has 0 bridgehead atoms. The summed E-state index contributed by atoms with van der Waals surface area (Å²) in [4.78, 5) is 36.7. The quantitative estimate of drug-likeness (QED) is 0.635. The molecule has 8 heteroatoms. The molecule has 126 valence electrons. The molecule has 0 spiro atoms. The van der Waals surface area contributed by atoms with E-state index in [1.54, 1.807) is 13.8 Å². The number of piperidine rings is 1. The molecule has 1 atom stereocenters. The van der Waals surface area contributed by atoms with Crippen LogP contribution < -0.4 is 16.0 Å². The maximum absolute atomic E-state index is 12.0. The van der Waals surface area contributed by atoms with Gasteiger partial charge in [-0.2, -0.15) is 0 Å². The van der Waals surface area contributed by atoms with Crippen molar-refractivity contribution in [3.8, 4) is 0 Å². The van der Waals surface area contributed by atoms with E-state index in [9.17, 15) is 14.4 Å². The SMILES string of the molecule is CC1(C)NC(=O)N(CCCC(=O)NC2CCCNC2)C1=O.Cl. The largest absolute Gasteiger partial charge is 0.352 e. The Morgan fingerprint density at radius 1 is 1.41 bits per heavy atom. The number of nitrogens with zero attached hydrogens (tertiary/aromatic N) is 1. The van der Waals surface area contributed by atoms with E-state index in [4.69, 9.17) is 0 Å². The van der Waals surface area contributed by atoms with Crippen LogP contribution in [0.5, 0.6) is 0 Å². The van der Waals surface area contributed by atoms with Gasteiger partial charge in [0.25, 0.3) is 5.91 Å². The van der Waals surface area contributed by atoms with Gasteiger partial charge < -0.3 is 16.0 Å². The van der Waals surface area contributed by atoms with Crippen LogP contribution in [0.1, 0.15) is 39.5 Å². The molecular weight excluding hydrogens is 308 g/mol. The predicted molar refractivity (Wildman–Crippen MR) is 84.8 cm³/mol. The summed E-state index contributed by atoms with van der Waals surface area (Å²) in [6, 6.07) is -0.177. The van der Waals surface area contributed by atoms with Crippen molar-refractivity contribution in [1.29, 1.82) is 0 Å². The van der Waals surface area contributed by atoms with Gasteiger partial charge in [-0.05, 0) is 39.7 Å². The summed E-state index contributed by atoms with van der Waals surface area (Å²) < 4.78 is 0. The maximum atomic E-state index is 12.0. The van der Waals surface area contributed by atoms with Crippen molar-refractivity contribution in [2.45, 2.75) is 51.1 Å². The highest BCUT2D eigenvalue weighted by Gasteiger charge is 2.43. The van der Waals surface area contributed by atoms with Gasteiger partial charge in [-0.3, -0.25) is 14.5 Å². The summed E-state index contributed by atoms with van der Waals surface area (Å²) in [5.74, 6) is -0.251. The number of nitrogens with one attached hydrogen (secondary N) is 3. The van der Waals surface area contributed by atoms with Crippen LogP contribution in [0.3, 0.4) is 0 Å². The van der Waals surface area contributed by atoms with Gasteiger partial charge in [-0.25, -0.2) is 4.79 Å². The molecule has 2 aliphatic rings. The Bertz CT molecular complexity index is 436. The number of hydrogen-bond donors (Lipinski definition) is 3. The molecule has 4 amide bonds. The lowest BCUT2D eigenvalue weighted by Crippen LogP contribution is -2.45. The van der Waals surface area contributed by atoms with Crippen molar-refractivity contribution >= 4 is 30.3 Å². The van der Waals surface area contributed by atoms with Crippen LogP contribution in [0.2, 0.25) is 0 Å². The Balaban J connectivity index is 0.00000242. The molecule has 22 heavy (non-hydrogen) atoms. The molecule has 2 fully saturated rings. The standard InChI is InChI=1S/C14H24N4O3.ClH/c1-14(2)12(20)18(13(21)17-14)8-4-6-11(19)16-10-5-3-7-15-9-10;/h10,15H,3-9H2,1-2H3,(H,16,19)(H,17,21);1H. The number of imide groups is 1. The van der Waals surface area contributed by atoms with Crippen LogP contribution in [0.4, 0.5) is 4.79 Å². The van der Waals surface area contributed by atoms with Crippen LogP contribution >= 0.6 is 12.4 Å². The molecule has 0 aromatic heterocycles. The predicted octanol–water partition coefficient (Wildman–Crippen LogP) is 0.387. The van der Waals surface area contributed by atoms with Gasteiger partial charge in [-0.15, -0.1) is 12.4 Å². The molecule has 1 unspecified atom stereocenters. The maximum Gasteiger partial charge on any atom is 0.325 e. The summed E-state index contributed by atoms with van der Waals surface area (Å²) in [5, 5.41) is 8.84. The third kappa shape index (κ3) is 4.58. The van der Waals surface area contributed by atoms with Gasteiger partial charge >= 0.3 is 6.03 Å². The zero-order chi connectivity index (χ0) is 15.5. The molecule has 0 aliphatic carbocycles. The van der Waals surface area contributed by atoms with E-state index in [-0.39, 0.29) is 42.8 Å². The molecule has 2 saturated heterocycles. The second-order valence-corrected chi connectivity index (χ2v) is 6.23. The zero-order valence-electron chi connectivity index (χ0n) is 13.1. The number of halogens is 1. The molecule has 2 aliphatic heterocycles. The van der Waals surface area contributed by atoms with Crippen LogP contribution in [-0.4, -0.2) is 54.0 Å². The summed E-state index contributed by atoms with van der Waals surface area (Å²) in [6.45, 7) is 5.46. The van der Waals surface area contributed by atoms with E-state index in [1.807, 2.05) is 0 Å². The van der Waals surface area contributed by atoms with Crippen LogP contribution in [0, 0.1) is 0 Å². The highest BCUT2D eigenvalue weighted by atomic mass is 35.5. The average molecular weight is 333 g/mol. The zero-order valence-corrected chi connectivity index (χ0v) is 13.9. The molecular formula is C14H25ClN4O3. The molecule has 0 saturated carbocycles. The smallest absolute Gasteiger partial charge is 0.325 e. The molecule has 0 radical (unpaired) electrons. The van der Waals surface area contributed by atoms with Gasteiger partial charge in [0.2, 0.25) is 5.91 Å². The van der Waals surface area contributed by atoms with Crippen molar-refractivity contribution < 1.29 is 14.4 Å². The molecule has 2 rings (SSSR count). The van der Waals surface area contributed by atoms with Crippen molar-refractivity contribution in [3.63, 3.8) is 0 Å². The minimum atomic E-state index is -0.840. The number of amides is 4. The summed E-state index contributed by atoms with van der Waals surface area (Å²) in [6.07, 6.45) is 2.89. The number of carbonyl (C=O) groups excluding carboxylic acids is 3. The molecule has 2 heterocycles. The van der Waals surface area contributed by atoms with Gasteiger partial charge in [0, 0.05) is 25.6 Å². The van der Waals surface area contributed by atoms with E-state index in [2.05, 4.69) is 16.0 Å². The topological polar surface area (TPSA) is 90.5 Å².